The van der Waals surface area contributed by atoms with Crippen molar-refractivity contribution >= 4 is 40.7 Å². The lowest BCUT2D eigenvalue weighted by atomic mass is 10.1. The molecule has 0 saturated heterocycles. The third kappa shape index (κ3) is 4.40. The van der Waals surface area contributed by atoms with E-state index in [2.05, 4.69) is 0 Å². The van der Waals surface area contributed by atoms with Crippen LogP contribution in [0.3, 0.4) is 0 Å². The molecule has 0 atom stereocenters. The van der Waals surface area contributed by atoms with Crippen molar-refractivity contribution in [3.63, 3.8) is 0 Å². The van der Waals surface area contributed by atoms with Crippen LogP contribution in [-0.4, -0.2) is 17.4 Å². The highest BCUT2D eigenvalue weighted by molar-refractivity contribution is 6.30. The maximum Gasteiger partial charge on any atom is 0.269 e. The number of anilines is 1. The second-order valence-corrected chi connectivity index (χ2v) is 7.49. The van der Waals surface area contributed by atoms with E-state index in [1.807, 2.05) is 49.4 Å². The summed E-state index contributed by atoms with van der Waals surface area (Å²) in [4.78, 5) is 25.5. The molecule has 0 radical (unpaired) electrons. The Balaban J connectivity index is 1.75. The molecule has 0 unspecified atom stereocenters. The second kappa shape index (κ2) is 9.08. The van der Waals surface area contributed by atoms with E-state index >= 15 is 0 Å². The van der Waals surface area contributed by atoms with Gasteiger partial charge in [0.15, 0.2) is 0 Å². The molecule has 0 bridgehead atoms. The van der Waals surface area contributed by atoms with Gasteiger partial charge in [0.2, 0.25) is 0 Å². The van der Waals surface area contributed by atoms with E-state index in [0.29, 0.717) is 28.6 Å². The molecule has 6 nitrogen and oxygen atoms in total. The number of hydrogen-bond donors (Lipinski definition) is 0. The monoisotopic (exact) mass is 446 g/mol. The first-order valence-corrected chi connectivity index (χ1v) is 10.3. The van der Waals surface area contributed by atoms with Crippen molar-refractivity contribution in [1.29, 1.82) is 0 Å². The highest BCUT2D eigenvalue weighted by atomic mass is 35.5. The lowest BCUT2D eigenvalue weighted by Gasteiger charge is -2.20. The molecule has 3 aromatic carbocycles. The first kappa shape index (κ1) is 21.3. The standard InChI is InChI=1S/C25H19ClN2O4/c1-2-32-23-13-3-17(4-14-23)15-19-16-24(18-5-7-20(26)8-6-18)27(25(19)29)21-9-11-22(12-10-21)28(30)31/h3-16H,2H2,1H3/b19-15+. The summed E-state index contributed by atoms with van der Waals surface area (Å²) in [7, 11) is 0. The van der Waals surface area contributed by atoms with Crippen molar-refractivity contribution in [2.45, 2.75) is 6.92 Å². The molecule has 1 amide bonds. The van der Waals surface area contributed by atoms with Gasteiger partial charge < -0.3 is 4.74 Å². The van der Waals surface area contributed by atoms with E-state index in [9.17, 15) is 14.9 Å². The predicted octanol–water partition coefficient (Wildman–Crippen LogP) is 6.12. The highest BCUT2D eigenvalue weighted by Gasteiger charge is 2.30. The van der Waals surface area contributed by atoms with Crippen molar-refractivity contribution in [2.24, 2.45) is 0 Å². The van der Waals surface area contributed by atoms with Crippen LogP contribution in [0.4, 0.5) is 11.4 Å². The van der Waals surface area contributed by atoms with Crippen molar-refractivity contribution in [1.82, 2.24) is 0 Å². The van der Waals surface area contributed by atoms with Crippen molar-refractivity contribution in [3.05, 3.63) is 111 Å². The number of benzene rings is 3. The maximum atomic E-state index is 13.4. The van der Waals surface area contributed by atoms with Crippen LogP contribution in [0.25, 0.3) is 11.8 Å². The highest BCUT2D eigenvalue weighted by Crippen LogP contribution is 2.36. The zero-order chi connectivity index (χ0) is 22.7. The SMILES string of the molecule is CCOc1ccc(/C=C2\C=C(c3ccc(Cl)cc3)N(c3ccc([N+](=O)[O-])cc3)C2=O)cc1. The largest absolute Gasteiger partial charge is 0.494 e. The number of ether oxygens (including phenoxy) is 1. The molecule has 7 heteroatoms. The summed E-state index contributed by atoms with van der Waals surface area (Å²) in [6.07, 6.45) is 3.61. The minimum atomic E-state index is -0.469. The molecule has 1 heterocycles. The van der Waals surface area contributed by atoms with Gasteiger partial charge in [0.05, 0.1) is 17.2 Å². The number of halogens is 1. The van der Waals surface area contributed by atoms with E-state index in [0.717, 1.165) is 16.9 Å². The zero-order valence-electron chi connectivity index (χ0n) is 17.2. The summed E-state index contributed by atoms with van der Waals surface area (Å²) in [6.45, 7) is 2.50. The zero-order valence-corrected chi connectivity index (χ0v) is 18.0. The Morgan fingerprint density at radius 1 is 1.00 bits per heavy atom. The van der Waals surface area contributed by atoms with E-state index in [-0.39, 0.29) is 11.6 Å². The third-order valence-electron chi connectivity index (χ3n) is 4.96. The Kier molecular flexibility index (Phi) is 6.05. The van der Waals surface area contributed by atoms with Crippen LogP contribution in [0.15, 0.2) is 84.4 Å². The summed E-state index contributed by atoms with van der Waals surface area (Å²) in [5.74, 6) is 0.537. The molecule has 0 aromatic heterocycles. The fraction of sp³-hybridized carbons (Fsp3) is 0.0800. The molecular weight excluding hydrogens is 428 g/mol. The molecule has 0 aliphatic carbocycles. The van der Waals surface area contributed by atoms with E-state index in [1.54, 1.807) is 35.2 Å². The first-order valence-electron chi connectivity index (χ1n) is 9.97. The van der Waals surface area contributed by atoms with Gasteiger partial charge in [-0.05, 0) is 66.6 Å². The summed E-state index contributed by atoms with van der Waals surface area (Å²) in [6, 6.07) is 20.6. The lowest BCUT2D eigenvalue weighted by molar-refractivity contribution is -0.384. The first-order chi connectivity index (χ1) is 15.5. The summed E-state index contributed by atoms with van der Waals surface area (Å²) < 4.78 is 5.47. The minimum Gasteiger partial charge on any atom is -0.494 e. The molecule has 4 rings (SSSR count). The third-order valence-corrected chi connectivity index (χ3v) is 5.21. The number of carbonyl (C=O) groups excluding carboxylic acids is 1. The van der Waals surface area contributed by atoms with Crippen LogP contribution < -0.4 is 9.64 Å². The molecule has 160 valence electrons. The van der Waals surface area contributed by atoms with Gasteiger partial charge in [0.1, 0.15) is 5.75 Å². The average molecular weight is 447 g/mol. The van der Waals surface area contributed by atoms with Crippen LogP contribution in [0, 0.1) is 10.1 Å². The molecule has 32 heavy (non-hydrogen) atoms. The average Bonchev–Trinajstić information content (AvgIpc) is 3.11. The van der Waals surface area contributed by atoms with Gasteiger partial charge in [0, 0.05) is 28.4 Å². The number of hydrogen-bond acceptors (Lipinski definition) is 4. The number of amides is 1. The molecule has 0 spiro atoms. The van der Waals surface area contributed by atoms with Gasteiger partial charge >= 0.3 is 0 Å². The topological polar surface area (TPSA) is 72.7 Å². The van der Waals surface area contributed by atoms with Crippen LogP contribution in [0.5, 0.6) is 5.75 Å². The number of carbonyl (C=O) groups is 1. The quantitative estimate of drug-likeness (QED) is 0.260. The summed E-state index contributed by atoms with van der Waals surface area (Å²) in [5, 5.41) is 11.6. The molecule has 3 aromatic rings. The molecular formula is C25H19ClN2O4. The van der Waals surface area contributed by atoms with Crippen molar-refractivity contribution in [2.75, 3.05) is 11.5 Å². The number of non-ortho nitro benzene ring substituents is 1. The second-order valence-electron chi connectivity index (χ2n) is 7.05. The number of rotatable bonds is 6. The van der Waals surface area contributed by atoms with Gasteiger partial charge in [-0.2, -0.15) is 0 Å². The van der Waals surface area contributed by atoms with Gasteiger partial charge in [-0.3, -0.25) is 19.8 Å². The van der Waals surface area contributed by atoms with Gasteiger partial charge in [-0.1, -0.05) is 35.9 Å². The molecule has 0 fully saturated rings. The number of nitro benzene ring substituents is 1. The van der Waals surface area contributed by atoms with Crippen molar-refractivity contribution in [3.8, 4) is 5.75 Å². The fourth-order valence-electron chi connectivity index (χ4n) is 3.43. The number of nitrogens with zero attached hydrogens (tertiary/aromatic N) is 2. The number of nitro groups is 1. The van der Waals surface area contributed by atoms with E-state index < -0.39 is 4.92 Å². The van der Waals surface area contributed by atoms with Crippen molar-refractivity contribution < 1.29 is 14.5 Å². The van der Waals surface area contributed by atoms with Crippen LogP contribution >= 0.6 is 11.6 Å². The maximum absolute atomic E-state index is 13.4. The van der Waals surface area contributed by atoms with Gasteiger partial charge in [0.25, 0.3) is 11.6 Å². The minimum absolute atomic E-state index is 0.0393. The van der Waals surface area contributed by atoms with Gasteiger partial charge in [-0.15, -0.1) is 0 Å². The predicted molar refractivity (Wildman–Crippen MR) is 126 cm³/mol. The van der Waals surface area contributed by atoms with E-state index in [1.165, 1.54) is 12.1 Å². The molecule has 1 aliphatic heterocycles. The smallest absolute Gasteiger partial charge is 0.269 e. The Bertz CT molecular complexity index is 1210. The van der Waals surface area contributed by atoms with Crippen LogP contribution in [-0.2, 0) is 4.79 Å². The van der Waals surface area contributed by atoms with Crippen LogP contribution in [0.2, 0.25) is 5.02 Å². The Morgan fingerprint density at radius 3 is 2.25 bits per heavy atom. The fourth-order valence-corrected chi connectivity index (χ4v) is 3.56. The van der Waals surface area contributed by atoms with E-state index in [4.69, 9.17) is 16.3 Å². The normalized spacial score (nSPS) is 14.6. The van der Waals surface area contributed by atoms with Gasteiger partial charge in [-0.25, -0.2) is 0 Å². The van der Waals surface area contributed by atoms with Crippen LogP contribution in [0.1, 0.15) is 18.1 Å². The molecule has 1 aliphatic rings. The Hall–Kier alpha value is -3.90. The summed E-state index contributed by atoms with van der Waals surface area (Å²) >= 11 is 6.03. The lowest BCUT2D eigenvalue weighted by Crippen LogP contribution is -2.24. The summed E-state index contributed by atoms with van der Waals surface area (Å²) in [5.41, 5.74) is 3.32. The molecule has 0 N–H and O–H groups in total. The molecule has 0 saturated carbocycles. The Morgan fingerprint density at radius 2 is 1.66 bits per heavy atom. The Labute approximate surface area is 190 Å².